The maximum absolute atomic E-state index is 12.2. The van der Waals surface area contributed by atoms with Crippen LogP contribution < -0.4 is 14.8 Å². The zero-order valence-electron chi connectivity index (χ0n) is 16.8. The third kappa shape index (κ3) is 6.71. The molecule has 164 valence electrons. The molecule has 0 aliphatic heterocycles. The molecule has 2 heterocycles. The summed E-state index contributed by atoms with van der Waals surface area (Å²) in [7, 11) is 0. The normalized spacial score (nSPS) is 11.3. The fraction of sp³-hybridized carbons (Fsp3) is 0.286. The molecule has 10 heteroatoms. The lowest BCUT2D eigenvalue weighted by Gasteiger charge is -2.11. The van der Waals surface area contributed by atoms with Crippen LogP contribution in [-0.2, 0) is 12.8 Å². The lowest BCUT2D eigenvalue weighted by Crippen LogP contribution is -2.17. The molecular formula is C21H20ClF3N4O2. The van der Waals surface area contributed by atoms with Gasteiger partial charge in [-0.25, -0.2) is 15.0 Å². The third-order valence-electron chi connectivity index (χ3n) is 4.16. The van der Waals surface area contributed by atoms with Gasteiger partial charge in [0, 0.05) is 12.6 Å². The van der Waals surface area contributed by atoms with E-state index in [2.05, 4.69) is 25.0 Å². The van der Waals surface area contributed by atoms with E-state index in [1.54, 1.807) is 12.1 Å². The van der Waals surface area contributed by atoms with E-state index >= 15 is 0 Å². The predicted octanol–water partition coefficient (Wildman–Crippen LogP) is 5.74. The van der Waals surface area contributed by atoms with Gasteiger partial charge in [-0.3, -0.25) is 0 Å². The molecule has 2 aromatic heterocycles. The minimum atomic E-state index is -4.78. The highest BCUT2D eigenvalue weighted by molar-refractivity contribution is 6.33. The number of benzene rings is 1. The Labute approximate surface area is 182 Å². The smallest absolute Gasteiger partial charge is 0.456 e. The maximum Gasteiger partial charge on any atom is 0.574 e. The van der Waals surface area contributed by atoms with Crippen molar-refractivity contribution in [2.45, 2.75) is 33.1 Å². The van der Waals surface area contributed by atoms with Gasteiger partial charge >= 0.3 is 6.36 Å². The van der Waals surface area contributed by atoms with Gasteiger partial charge in [-0.15, -0.1) is 13.2 Å². The fourth-order valence-corrected chi connectivity index (χ4v) is 3.04. The van der Waals surface area contributed by atoms with Crippen molar-refractivity contribution in [2.24, 2.45) is 0 Å². The maximum atomic E-state index is 12.2. The van der Waals surface area contributed by atoms with Gasteiger partial charge in [-0.2, -0.15) is 0 Å². The Morgan fingerprint density at radius 3 is 2.35 bits per heavy atom. The average Bonchev–Trinajstić information content (AvgIpc) is 2.72. The standard InChI is InChI=1S/C21H20ClF3N4O2/c1-3-17-19(22)20(29-13(2)28-17)26-11-10-14-4-6-15(7-5-14)30-16-8-9-18(27-12-16)31-21(23,24)25/h4-9,12H,3,10-11H2,1-2H3,(H,26,28,29). The van der Waals surface area contributed by atoms with Gasteiger partial charge in [0.2, 0.25) is 5.88 Å². The van der Waals surface area contributed by atoms with E-state index in [4.69, 9.17) is 16.3 Å². The first-order valence-electron chi connectivity index (χ1n) is 9.49. The second-order valence-corrected chi connectivity index (χ2v) is 6.91. The lowest BCUT2D eigenvalue weighted by molar-refractivity contribution is -0.276. The second-order valence-electron chi connectivity index (χ2n) is 6.54. The number of ether oxygens (including phenoxy) is 2. The van der Waals surface area contributed by atoms with Crippen molar-refractivity contribution in [3.8, 4) is 17.4 Å². The number of rotatable bonds is 8. The SMILES string of the molecule is CCc1nc(C)nc(NCCc2ccc(Oc3ccc(OC(F)(F)F)nc3)cc2)c1Cl. The van der Waals surface area contributed by atoms with Crippen LogP contribution in [0.3, 0.4) is 0 Å². The van der Waals surface area contributed by atoms with E-state index in [0.717, 1.165) is 36.4 Å². The molecule has 0 radical (unpaired) electrons. The highest BCUT2D eigenvalue weighted by atomic mass is 35.5. The summed E-state index contributed by atoms with van der Waals surface area (Å²) in [5, 5.41) is 3.78. The molecule has 0 saturated carbocycles. The van der Waals surface area contributed by atoms with Gasteiger partial charge in [-0.05, 0) is 43.5 Å². The minimum Gasteiger partial charge on any atom is -0.456 e. The molecule has 0 amide bonds. The second kappa shape index (κ2) is 9.82. The van der Waals surface area contributed by atoms with Crippen molar-refractivity contribution in [2.75, 3.05) is 11.9 Å². The number of pyridine rings is 1. The summed E-state index contributed by atoms with van der Waals surface area (Å²) < 4.78 is 45.8. The number of nitrogens with zero attached hydrogens (tertiary/aromatic N) is 3. The molecule has 6 nitrogen and oxygen atoms in total. The zero-order valence-corrected chi connectivity index (χ0v) is 17.6. The van der Waals surface area contributed by atoms with Crippen LogP contribution in [0, 0.1) is 6.92 Å². The summed E-state index contributed by atoms with van der Waals surface area (Å²) in [4.78, 5) is 12.2. The summed E-state index contributed by atoms with van der Waals surface area (Å²) >= 11 is 6.33. The van der Waals surface area contributed by atoms with E-state index in [1.165, 1.54) is 6.07 Å². The largest absolute Gasteiger partial charge is 0.574 e. The van der Waals surface area contributed by atoms with E-state index in [1.807, 2.05) is 26.0 Å². The Kier molecular flexibility index (Phi) is 7.17. The number of alkyl halides is 3. The number of anilines is 1. The summed E-state index contributed by atoms with van der Waals surface area (Å²) in [5.74, 6) is 1.57. The van der Waals surface area contributed by atoms with Crippen LogP contribution in [0.4, 0.5) is 19.0 Å². The van der Waals surface area contributed by atoms with Crippen LogP contribution in [0.25, 0.3) is 0 Å². The monoisotopic (exact) mass is 452 g/mol. The Balaban J connectivity index is 1.53. The molecule has 0 fully saturated rings. The quantitative estimate of drug-likeness (QED) is 0.470. The summed E-state index contributed by atoms with van der Waals surface area (Å²) in [5.41, 5.74) is 1.87. The summed E-state index contributed by atoms with van der Waals surface area (Å²) in [6, 6.07) is 9.78. The van der Waals surface area contributed by atoms with Crippen molar-refractivity contribution in [1.82, 2.24) is 15.0 Å². The minimum absolute atomic E-state index is 0.296. The zero-order chi connectivity index (χ0) is 22.4. The molecular weight excluding hydrogens is 433 g/mol. The first kappa shape index (κ1) is 22.6. The summed E-state index contributed by atoms with van der Waals surface area (Å²) in [6.45, 7) is 4.44. The van der Waals surface area contributed by atoms with Crippen LogP contribution in [-0.4, -0.2) is 27.9 Å². The lowest BCUT2D eigenvalue weighted by atomic mass is 10.1. The molecule has 0 unspecified atom stereocenters. The van der Waals surface area contributed by atoms with Gasteiger partial charge in [0.25, 0.3) is 0 Å². The number of nitrogens with one attached hydrogen (secondary N) is 1. The Hall–Kier alpha value is -3.07. The van der Waals surface area contributed by atoms with Crippen LogP contribution in [0.2, 0.25) is 5.02 Å². The van der Waals surface area contributed by atoms with E-state index in [9.17, 15) is 13.2 Å². The topological polar surface area (TPSA) is 69.2 Å². The van der Waals surface area contributed by atoms with Crippen molar-refractivity contribution in [3.63, 3.8) is 0 Å². The summed E-state index contributed by atoms with van der Waals surface area (Å²) in [6.07, 6.45) is -2.16. The Morgan fingerprint density at radius 1 is 1.03 bits per heavy atom. The predicted molar refractivity (Wildman–Crippen MR) is 111 cm³/mol. The van der Waals surface area contributed by atoms with Crippen molar-refractivity contribution < 1.29 is 22.6 Å². The molecule has 3 aromatic rings. The molecule has 0 spiro atoms. The number of halogens is 4. The number of aryl methyl sites for hydroxylation is 2. The van der Waals surface area contributed by atoms with Gasteiger partial charge in [0.1, 0.15) is 28.2 Å². The fourth-order valence-electron chi connectivity index (χ4n) is 2.76. The van der Waals surface area contributed by atoms with Crippen LogP contribution in [0.15, 0.2) is 42.6 Å². The van der Waals surface area contributed by atoms with Crippen LogP contribution in [0.1, 0.15) is 24.0 Å². The number of hydrogen-bond acceptors (Lipinski definition) is 6. The molecule has 0 atom stereocenters. The molecule has 1 aromatic carbocycles. The molecule has 0 bridgehead atoms. The number of aromatic nitrogens is 3. The first-order valence-corrected chi connectivity index (χ1v) is 9.87. The van der Waals surface area contributed by atoms with E-state index < -0.39 is 12.2 Å². The van der Waals surface area contributed by atoms with Crippen LogP contribution >= 0.6 is 11.6 Å². The highest BCUT2D eigenvalue weighted by Crippen LogP contribution is 2.26. The van der Waals surface area contributed by atoms with Gasteiger partial charge in [0.15, 0.2) is 0 Å². The number of hydrogen-bond donors (Lipinski definition) is 1. The van der Waals surface area contributed by atoms with Crippen molar-refractivity contribution in [3.05, 3.63) is 64.7 Å². The molecule has 0 saturated heterocycles. The van der Waals surface area contributed by atoms with Crippen molar-refractivity contribution in [1.29, 1.82) is 0 Å². The highest BCUT2D eigenvalue weighted by Gasteiger charge is 2.31. The molecule has 3 rings (SSSR count). The molecule has 31 heavy (non-hydrogen) atoms. The van der Waals surface area contributed by atoms with E-state index in [-0.39, 0.29) is 0 Å². The molecule has 0 aliphatic carbocycles. The van der Waals surface area contributed by atoms with E-state index in [0.29, 0.717) is 34.7 Å². The van der Waals surface area contributed by atoms with Crippen LogP contribution in [0.5, 0.6) is 17.4 Å². The van der Waals surface area contributed by atoms with Gasteiger partial charge < -0.3 is 14.8 Å². The van der Waals surface area contributed by atoms with Crippen molar-refractivity contribution >= 4 is 17.4 Å². The average molecular weight is 453 g/mol. The van der Waals surface area contributed by atoms with Gasteiger partial charge in [-0.1, -0.05) is 30.7 Å². The Bertz CT molecular complexity index is 1010. The molecule has 1 N–H and O–H groups in total. The third-order valence-corrected chi connectivity index (χ3v) is 4.56. The first-order chi connectivity index (χ1) is 14.7. The Morgan fingerprint density at radius 2 is 1.74 bits per heavy atom. The van der Waals surface area contributed by atoms with Gasteiger partial charge in [0.05, 0.1) is 11.9 Å². The molecule has 0 aliphatic rings.